The summed E-state index contributed by atoms with van der Waals surface area (Å²) >= 11 is 0. The molecule has 7 heteroatoms. The Hall–Kier alpha value is -2.96. The van der Waals surface area contributed by atoms with Gasteiger partial charge in [-0.3, -0.25) is 19.7 Å². The van der Waals surface area contributed by atoms with Gasteiger partial charge in [0.05, 0.1) is 4.92 Å². The quantitative estimate of drug-likeness (QED) is 0.637. The number of nitro groups is 1. The van der Waals surface area contributed by atoms with Crippen LogP contribution in [0.2, 0.25) is 0 Å². The second kappa shape index (κ2) is 6.47. The Morgan fingerprint density at radius 1 is 1.24 bits per heavy atom. The molecular formula is C14H13N3O4. The Bertz CT molecular complexity index is 707. The third-order valence-electron chi connectivity index (χ3n) is 2.88. The highest BCUT2D eigenvalue weighted by Crippen LogP contribution is 2.11. The van der Waals surface area contributed by atoms with Gasteiger partial charge in [-0.15, -0.1) is 0 Å². The highest BCUT2D eigenvalue weighted by Gasteiger charge is 2.06. The number of nitrogens with zero attached hydrogens (tertiary/aromatic N) is 1. The molecule has 108 valence electrons. The number of non-ortho nitro benzene ring substituents is 1. The Morgan fingerprint density at radius 3 is 2.57 bits per heavy atom. The molecule has 0 spiro atoms. The van der Waals surface area contributed by atoms with Gasteiger partial charge in [0.2, 0.25) is 5.56 Å². The fraction of sp³-hybridized carbons (Fsp3) is 0.143. The van der Waals surface area contributed by atoms with Gasteiger partial charge in [-0.25, -0.2) is 0 Å². The van der Waals surface area contributed by atoms with Crippen molar-refractivity contribution in [1.29, 1.82) is 0 Å². The van der Waals surface area contributed by atoms with Crippen molar-refractivity contribution in [2.24, 2.45) is 0 Å². The van der Waals surface area contributed by atoms with E-state index in [9.17, 15) is 19.7 Å². The molecule has 0 radical (unpaired) electrons. The number of aromatic nitrogens is 1. The molecule has 1 aromatic carbocycles. The predicted octanol–water partition coefficient (Wildman–Crippen LogP) is 1.26. The van der Waals surface area contributed by atoms with Crippen molar-refractivity contribution in [2.75, 3.05) is 6.54 Å². The minimum Gasteiger partial charge on any atom is -0.352 e. The minimum atomic E-state index is -0.460. The topological polar surface area (TPSA) is 105 Å². The summed E-state index contributed by atoms with van der Waals surface area (Å²) in [6.45, 7) is 0.378. The van der Waals surface area contributed by atoms with E-state index in [2.05, 4.69) is 10.3 Å². The van der Waals surface area contributed by atoms with Gasteiger partial charge in [0, 0.05) is 36.5 Å². The zero-order valence-electron chi connectivity index (χ0n) is 11.0. The molecule has 1 aromatic heterocycles. The molecule has 21 heavy (non-hydrogen) atoms. The van der Waals surface area contributed by atoms with Crippen molar-refractivity contribution in [1.82, 2.24) is 10.3 Å². The highest BCUT2D eigenvalue weighted by molar-refractivity contribution is 5.93. The van der Waals surface area contributed by atoms with Crippen LogP contribution in [0, 0.1) is 10.1 Å². The molecular weight excluding hydrogens is 274 g/mol. The summed E-state index contributed by atoms with van der Waals surface area (Å²) in [5.74, 6) is -0.331. The van der Waals surface area contributed by atoms with Crippen LogP contribution in [0.1, 0.15) is 15.9 Å². The molecule has 1 amide bonds. The number of hydrogen-bond donors (Lipinski definition) is 2. The lowest BCUT2D eigenvalue weighted by Gasteiger charge is -2.05. The first kappa shape index (κ1) is 14.4. The standard InChI is InChI=1S/C14H13N3O4/c18-13-9-11(6-8-15-13)14(19)16-7-5-10-1-3-12(4-2-10)17(20)21/h1-4,6,8-9H,5,7H2,(H,15,18)(H,16,19). The number of nitro benzene ring substituents is 1. The summed E-state index contributed by atoms with van der Waals surface area (Å²) < 4.78 is 0. The SMILES string of the molecule is O=C(NCCc1ccc([N+](=O)[O-])cc1)c1cc[nH]c(=O)c1. The summed E-state index contributed by atoms with van der Waals surface area (Å²) in [4.78, 5) is 35.4. The number of pyridine rings is 1. The minimum absolute atomic E-state index is 0.0336. The van der Waals surface area contributed by atoms with Crippen molar-refractivity contribution in [3.05, 3.63) is 74.2 Å². The number of carbonyl (C=O) groups excluding carboxylic acids is 1. The highest BCUT2D eigenvalue weighted by atomic mass is 16.6. The van der Waals surface area contributed by atoms with Crippen LogP contribution in [0.15, 0.2) is 47.4 Å². The van der Waals surface area contributed by atoms with Gasteiger partial charge < -0.3 is 10.3 Å². The molecule has 2 N–H and O–H groups in total. The van der Waals surface area contributed by atoms with Gasteiger partial charge in [-0.2, -0.15) is 0 Å². The largest absolute Gasteiger partial charge is 0.352 e. The first-order valence-corrected chi connectivity index (χ1v) is 6.26. The van der Waals surface area contributed by atoms with Crippen LogP contribution in [-0.4, -0.2) is 22.4 Å². The smallest absolute Gasteiger partial charge is 0.269 e. The van der Waals surface area contributed by atoms with Crippen molar-refractivity contribution in [3.8, 4) is 0 Å². The van der Waals surface area contributed by atoms with Crippen LogP contribution < -0.4 is 10.9 Å². The fourth-order valence-corrected chi connectivity index (χ4v) is 1.79. The lowest BCUT2D eigenvalue weighted by Crippen LogP contribution is -2.26. The van der Waals surface area contributed by atoms with E-state index in [4.69, 9.17) is 0 Å². The molecule has 0 saturated carbocycles. The molecule has 0 saturated heterocycles. The number of hydrogen-bond acceptors (Lipinski definition) is 4. The summed E-state index contributed by atoms with van der Waals surface area (Å²) in [5, 5.41) is 13.2. The molecule has 2 rings (SSSR count). The maximum atomic E-state index is 11.8. The number of rotatable bonds is 5. The number of amides is 1. The van der Waals surface area contributed by atoms with Gasteiger partial charge >= 0.3 is 0 Å². The summed E-state index contributed by atoms with van der Waals surface area (Å²) in [7, 11) is 0. The van der Waals surface area contributed by atoms with Gasteiger partial charge in [0.15, 0.2) is 0 Å². The molecule has 7 nitrogen and oxygen atoms in total. The van der Waals surface area contributed by atoms with Crippen molar-refractivity contribution >= 4 is 11.6 Å². The van der Waals surface area contributed by atoms with Crippen molar-refractivity contribution < 1.29 is 9.72 Å². The average molecular weight is 287 g/mol. The Labute approximate surface area is 119 Å². The number of H-pyrrole nitrogens is 1. The van der Waals surface area contributed by atoms with E-state index in [0.29, 0.717) is 18.5 Å². The van der Waals surface area contributed by atoms with E-state index in [0.717, 1.165) is 5.56 Å². The molecule has 0 aliphatic rings. The lowest BCUT2D eigenvalue weighted by molar-refractivity contribution is -0.384. The molecule has 0 bridgehead atoms. The van der Waals surface area contributed by atoms with Crippen LogP contribution in [0.25, 0.3) is 0 Å². The summed E-state index contributed by atoms with van der Waals surface area (Å²) in [5.41, 5.74) is 0.874. The van der Waals surface area contributed by atoms with Crippen LogP contribution in [0.3, 0.4) is 0 Å². The average Bonchev–Trinajstić information content (AvgIpc) is 2.47. The molecule has 0 aliphatic heterocycles. The maximum absolute atomic E-state index is 11.8. The van der Waals surface area contributed by atoms with Gasteiger partial charge in [0.25, 0.3) is 11.6 Å². The van der Waals surface area contributed by atoms with E-state index in [1.54, 1.807) is 12.1 Å². The predicted molar refractivity (Wildman–Crippen MR) is 76.2 cm³/mol. The second-order valence-corrected chi connectivity index (χ2v) is 4.37. The first-order valence-electron chi connectivity index (χ1n) is 6.26. The number of aromatic amines is 1. The molecule has 1 heterocycles. The number of nitrogens with one attached hydrogen (secondary N) is 2. The fourth-order valence-electron chi connectivity index (χ4n) is 1.79. The van der Waals surface area contributed by atoms with E-state index < -0.39 is 4.92 Å². The molecule has 0 unspecified atom stereocenters. The third-order valence-corrected chi connectivity index (χ3v) is 2.88. The van der Waals surface area contributed by atoms with E-state index in [1.807, 2.05) is 0 Å². The zero-order valence-corrected chi connectivity index (χ0v) is 11.0. The zero-order chi connectivity index (χ0) is 15.2. The van der Waals surface area contributed by atoms with E-state index in [1.165, 1.54) is 30.5 Å². The van der Waals surface area contributed by atoms with Crippen LogP contribution in [-0.2, 0) is 6.42 Å². The third kappa shape index (κ3) is 4.00. The second-order valence-electron chi connectivity index (χ2n) is 4.37. The molecule has 0 aliphatic carbocycles. The maximum Gasteiger partial charge on any atom is 0.269 e. The Kier molecular flexibility index (Phi) is 4.45. The van der Waals surface area contributed by atoms with Gasteiger partial charge in [-0.1, -0.05) is 12.1 Å². The van der Waals surface area contributed by atoms with Crippen molar-refractivity contribution in [2.45, 2.75) is 6.42 Å². The first-order chi connectivity index (χ1) is 10.1. The molecule has 2 aromatic rings. The Balaban J connectivity index is 1.88. The number of carbonyl (C=O) groups is 1. The van der Waals surface area contributed by atoms with E-state index in [-0.39, 0.29) is 17.2 Å². The van der Waals surface area contributed by atoms with Gasteiger partial charge in [0.1, 0.15) is 0 Å². The molecule has 0 fully saturated rings. The van der Waals surface area contributed by atoms with Crippen LogP contribution >= 0.6 is 0 Å². The Morgan fingerprint density at radius 2 is 1.95 bits per heavy atom. The number of benzene rings is 1. The van der Waals surface area contributed by atoms with Crippen LogP contribution in [0.4, 0.5) is 5.69 Å². The molecule has 0 atom stereocenters. The van der Waals surface area contributed by atoms with Crippen molar-refractivity contribution in [3.63, 3.8) is 0 Å². The summed E-state index contributed by atoms with van der Waals surface area (Å²) in [6.07, 6.45) is 1.96. The summed E-state index contributed by atoms with van der Waals surface area (Å²) in [6, 6.07) is 8.89. The van der Waals surface area contributed by atoms with Gasteiger partial charge in [-0.05, 0) is 18.1 Å². The van der Waals surface area contributed by atoms with E-state index >= 15 is 0 Å². The normalized spacial score (nSPS) is 10.1. The monoisotopic (exact) mass is 287 g/mol. The lowest BCUT2D eigenvalue weighted by atomic mass is 10.1. The van der Waals surface area contributed by atoms with Crippen LogP contribution in [0.5, 0.6) is 0 Å².